The molecule has 1 fully saturated rings. The Kier molecular flexibility index (Phi) is 7.38. The molecule has 2 aliphatic heterocycles. The van der Waals surface area contributed by atoms with Crippen molar-refractivity contribution in [2.75, 3.05) is 36.9 Å². The molecule has 0 unspecified atom stereocenters. The Labute approximate surface area is 192 Å². The van der Waals surface area contributed by atoms with Crippen molar-refractivity contribution in [1.29, 1.82) is 0 Å². The lowest BCUT2D eigenvalue weighted by Gasteiger charge is -2.42. The van der Waals surface area contributed by atoms with Gasteiger partial charge in [0.2, 0.25) is 10.0 Å². The van der Waals surface area contributed by atoms with Crippen LogP contribution in [0.3, 0.4) is 0 Å². The Hall–Kier alpha value is -2.09. The van der Waals surface area contributed by atoms with Gasteiger partial charge in [-0.05, 0) is 49.6 Å². The first-order chi connectivity index (χ1) is 15.5. The van der Waals surface area contributed by atoms with Gasteiger partial charge in [0.15, 0.2) is 0 Å². The fourth-order valence-electron chi connectivity index (χ4n) is 4.66. The van der Waals surface area contributed by atoms with Crippen molar-refractivity contribution >= 4 is 15.7 Å². The summed E-state index contributed by atoms with van der Waals surface area (Å²) in [7, 11) is -3.18. The van der Waals surface area contributed by atoms with Crippen molar-refractivity contribution in [2.24, 2.45) is 0 Å². The standard InChI is InChI=1S/C25H35N3O3S/c1-3-12-26-24-18-31-25-11-10-21(28-16-20(17-28)27-32(29,30)13-4-2)15-23(25)22(24)14-19-8-6-5-7-9-19/h5-11,15,20,22,24,26-27H,3-4,12-14,16-18H2,1-2H3/t22-,24+/m0/s1. The Bertz CT molecular complexity index is 991. The van der Waals surface area contributed by atoms with Crippen molar-refractivity contribution < 1.29 is 13.2 Å². The van der Waals surface area contributed by atoms with E-state index in [1.54, 1.807) is 0 Å². The molecule has 0 aromatic heterocycles. The molecular weight excluding hydrogens is 422 g/mol. The van der Waals surface area contributed by atoms with Crippen LogP contribution in [0.2, 0.25) is 0 Å². The summed E-state index contributed by atoms with van der Waals surface area (Å²) in [5, 5.41) is 3.69. The molecule has 2 aromatic rings. The second kappa shape index (κ2) is 10.2. The van der Waals surface area contributed by atoms with Crippen LogP contribution in [-0.2, 0) is 16.4 Å². The van der Waals surface area contributed by atoms with Crippen molar-refractivity contribution in [2.45, 2.75) is 51.1 Å². The lowest BCUT2D eigenvalue weighted by molar-refractivity contribution is 0.212. The van der Waals surface area contributed by atoms with Gasteiger partial charge in [0.05, 0.1) is 11.8 Å². The van der Waals surface area contributed by atoms with Crippen LogP contribution in [0.15, 0.2) is 48.5 Å². The van der Waals surface area contributed by atoms with E-state index in [-0.39, 0.29) is 17.8 Å². The minimum Gasteiger partial charge on any atom is -0.492 e. The second-order valence-electron chi connectivity index (χ2n) is 8.93. The van der Waals surface area contributed by atoms with E-state index in [0.29, 0.717) is 32.0 Å². The number of benzene rings is 2. The number of anilines is 1. The molecule has 0 bridgehead atoms. The van der Waals surface area contributed by atoms with Crippen LogP contribution in [-0.4, -0.2) is 52.5 Å². The summed E-state index contributed by atoms with van der Waals surface area (Å²) in [5.41, 5.74) is 3.70. The van der Waals surface area contributed by atoms with Crippen LogP contribution in [0.25, 0.3) is 0 Å². The molecule has 0 saturated carbocycles. The van der Waals surface area contributed by atoms with E-state index >= 15 is 0 Å². The van der Waals surface area contributed by atoms with Crippen LogP contribution in [0.5, 0.6) is 5.75 Å². The lowest BCUT2D eigenvalue weighted by atomic mass is 9.83. The van der Waals surface area contributed by atoms with Gasteiger partial charge in [-0.2, -0.15) is 0 Å². The van der Waals surface area contributed by atoms with Gasteiger partial charge in [-0.3, -0.25) is 0 Å². The van der Waals surface area contributed by atoms with Gasteiger partial charge in [0.25, 0.3) is 0 Å². The van der Waals surface area contributed by atoms with Crippen molar-refractivity contribution in [3.8, 4) is 5.75 Å². The average Bonchev–Trinajstić information content (AvgIpc) is 2.76. The zero-order valence-electron chi connectivity index (χ0n) is 19.1. The Morgan fingerprint density at radius 1 is 1.06 bits per heavy atom. The molecule has 32 heavy (non-hydrogen) atoms. The highest BCUT2D eigenvalue weighted by Gasteiger charge is 2.34. The maximum Gasteiger partial charge on any atom is 0.211 e. The summed E-state index contributed by atoms with van der Waals surface area (Å²) in [6.45, 7) is 7.11. The molecule has 2 heterocycles. The van der Waals surface area contributed by atoms with Gasteiger partial charge in [-0.1, -0.05) is 44.2 Å². The van der Waals surface area contributed by atoms with E-state index in [2.05, 4.69) is 70.4 Å². The summed E-state index contributed by atoms with van der Waals surface area (Å²) >= 11 is 0. The van der Waals surface area contributed by atoms with Crippen LogP contribution in [0, 0.1) is 0 Å². The largest absolute Gasteiger partial charge is 0.492 e. The van der Waals surface area contributed by atoms with Crippen molar-refractivity contribution in [3.05, 3.63) is 59.7 Å². The molecule has 2 N–H and O–H groups in total. The number of ether oxygens (including phenoxy) is 1. The van der Waals surface area contributed by atoms with Gasteiger partial charge < -0.3 is 15.0 Å². The third-order valence-electron chi connectivity index (χ3n) is 6.32. The number of nitrogens with one attached hydrogen (secondary N) is 2. The Morgan fingerprint density at radius 3 is 2.56 bits per heavy atom. The van der Waals surface area contributed by atoms with Gasteiger partial charge >= 0.3 is 0 Å². The summed E-state index contributed by atoms with van der Waals surface area (Å²) in [6.07, 6.45) is 2.68. The first kappa shape index (κ1) is 23.1. The van der Waals surface area contributed by atoms with Crippen molar-refractivity contribution in [3.63, 3.8) is 0 Å². The predicted molar refractivity (Wildman–Crippen MR) is 130 cm³/mol. The van der Waals surface area contributed by atoms with E-state index in [4.69, 9.17) is 4.74 Å². The zero-order chi connectivity index (χ0) is 22.6. The van der Waals surface area contributed by atoms with Gasteiger partial charge in [-0.25, -0.2) is 13.1 Å². The van der Waals surface area contributed by atoms with Gasteiger partial charge in [0.1, 0.15) is 12.4 Å². The smallest absolute Gasteiger partial charge is 0.211 e. The van der Waals surface area contributed by atoms with E-state index in [1.807, 2.05) is 6.92 Å². The monoisotopic (exact) mass is 457 g/mol. The summed E-state index contributed by atoms with van der Waals surface area (Å²) in [5.74, 6) is 1.48. The zero-order valence-corrected chi connectivity index (χ0v) is 19.9. The molecule has 2 aliphatic rings. The first-order valence-electron chi connectivity index (χ1n) is 11.8. The van der Waals surface area contributed by atoms with E-state index in [9.17, 15) is 8.42 Å². The first-order valence-corrected chi connectivity index (χ1v) is 13.4. The van der Waals surface area contributed by atoms with Crippen LogP contribution in [0.4, 0.5) is 5.69 Å². The topological polar surface area (TPSA) is 70.7 Å². The molecule has 0 spiro atoms. The second-order valence-corrected chi connectivity index (χ2v) is 10.8. The highest BCUT2D eigenvalue weighted by atomic mass is 32.2. The van der Waals surface area contributed by atoms with Gasteiger partial charge in [0, 0.05) is 36.3 Å². The molecule has 2 atom stereocenters. The summed E-state index contributed by atoms with van der Waals surface area (Å²) in [6, 6.07) is 17.3. The predicted octanol–water partition coefficient (Wildman–Crippen LogP) is 3.29. The molecule has 174 valence electrons. The molecule has 0 radical (unpaired) electrons. The fraction of sp³-hybridized carbons (Fsp3) is 0.520. The van der Waals surface area contributed by atoms with E-state index in [1.165, 1.54) is 11.1 Å². The molecule has 6 nitrogen and oxygen atoms in total. The van der Waals surface area contributed by atoms with Crippen LogP contribution in [0.1, 0.15) is 43.7 Å². The van der Waals surface area contributed by atoms with Crippen molar-refractivity contribution in [1.82, 2.24) is 10.0 Å². The molecule has 0 aliphatic carbocycles. The normalized spacial score (nSPS) is 21.0. The van der Waals surface area contributed by atoms with Crippen LogP contribution < -0.4 is 19.7 Å². The van der Waals surface area contributed by atoms with E-state index in [0.717, 1.165) is 30.8 Å². The highest BCUT2D eigenvalue weighted by Crippen LogP contribution is 2.39. The number of sulfonamides is 1. The molecule has 4 rings (SSSR count). The van der Waals surface area contributed by atoms with Gasteiger partial charge in [-0.15, -0.1) is 0 Å². The average molecular weight is 458 g/mol. The third-order valence-corrected chi connectivity index (χ3v) is 7.96. The molecule has 7 heteroatoms. The highest BCUT2D eigenvalue weighted by molar-refractivity contribution is 7.89. The maximum atomic E-state index is 12.1. The Morgan fingerprint density at radius 2 is 1.84 bits per heavy atom. The minimum absolute atomic E-state index is 0.0158. The number of hydrogen-bond donors (Lipinski definition) is 2. The molecule has 1 saturated heterocycles. The molecule has 0 amide bonds. The van der Waals surface area contributed by atoms with Crippen LogP contribution >= 0.6 is 0 Å². The molecule has 2 aromatic carbocycles. The number of fused-ring (bicyclic) bond motifs is 1. The summed E-state index contributed by atoms with van der Waals surface area (Å²) in [4.78, 5) is 2.24. The SMILES string of the molecule is CCCN[C@@H]1COc2ccc(N3CC(NS(=O)(=O)CCC)C3)cc2[C@@H]1Cc1ccccc1. The fourth-order valence-corrected chi connectivity index (χ4v) is 5.98. The number of rotatable bonds is 10. The third kappa shape index (κ3) is 5.45. The maximum absolute atomic E-state index is 12.1. The Balaban J connectivity index is 1.51. The summed E-state index contributed by atoms with van der Waals surface area (Å²) < 4.78 is 33.1. The van der Waals surface area contributed by atoms with E-state index < -0.39 is 10.0 Å². The minimum atomic E-state index is -3.18. The lowest BCUT2D eigenvalue weighted by Crippen LogP contribution is -2.59. The molecular formula is C25H35N3O3S. The number of nitrogens with zero attached hydrogens (tertiary/aromatic N) is 1. The quantitative estimate of drug-likeness (QED) is 0.573. The number of hydrogen-bond acceptors (Lipinski definition) is 5.